The fraction of sp³-hybridized carbons (Fsp3) is 0.263. The molecule has 8 nitrogen and oxygen atoms in total. The van der Waals surface area contributed by atoms with Gasteiger partial charge in [-0.1, -0.05) is 17.7 Å². The van der Waals surface area contributed by atoms with Crippen LogP contribution in [-0.2, 0) is 25.4 Å². The minimum atomic E-state index is -0.971. The highest BCUT2D eigenvalue weighted by molar-refractivity contribution is 7.71. The highest BCUT2D eigenvalue weighted by atomic mass is 35.5. The van der Waals surface area contributed by atoms with Crippen LogP contribution in [0.3, 0.4) is 0 Å². The first kappa shape index (κ1) is 22.9. The van der Waals surface area contributed by atoms with Crippen LogP contribution in [0.1, 0.15) is 11.8 Å². The number of carbonyl (C=O) groups is 1. The minimum absolute atomic E-state index is 0.0203. The number of amides is 1. The smallest absolute Gasteiger partial charge is 0.338 e. The predicted octanol–water partition coefficient (Wildman–Crippen LogP) is 2.54. The van der Waals surface area contributed by atoms with Gasteiger partial charge in [0.05, 0.1) is 17.3 Å². The normalized spacial score (nSPS) is 11.9. The van der Waals surface area contributed by atoms with E-state index in [1.165, 1.54) is 32.4 Å². The van der Waals surface area contributed by atoms with E-state index in [-0.39, 0.29) is 21.2 Å². The van der Waals surface area contributed by atoms with Crippen molar-refractivity contribution in [1.29, 1.82) is 0 Å². The van der Waals surface area contributed by atoms with Gasteiger partial charge in [-0.3, -0.25) is 13.9 Å². The molecule has 0 radical (unpaired) electrons. The van der Waals surface area contributed by atoms with Gasteiger partial charge in [0, 0.05) is 25.0 Å². The van der Waals surface area contributed by atoms with Gasteiger partial charge in [0.15, 0.2) is 10.9 Å². The zero-order valence-corrected chi connectivity index (χ0v) is 19.1. The lowest BCUT2D eigenvalue weighted by Crippen LogP contribution is -2.43. The van der Waals surface area contributed by atoms with Gasteiger partial charge >= 0.3 is 11.4 Å². The number of carbonyl (C=O) groups excluding carboxylic acids is 1. The average Bonchev–Trinajstić information content (AvgIpc) is 3.25. The summed E-state index contributed by atoms with van der Waals surface area (Å²) in [6.45, 7) is 1.84. The number of nitrogens with one attached hydrogen (secondary N) is 1. The molecule has 0 spiro atoms. The highest BCUT2D eigenvalue weighted by Crippen LogP contribution is 2.29. The quantitative estimate of drug-likeness (QED) is 0.543. The maximum atomic E-state index is 14.7. The number of rotatable bonds is 6. The molecule has 1 N–H and O–H groups in total. The number of aromatic nitrogens is 3. The van der Waals surface area contributed by atoms with E-state index in [4.69, 9.17) is 28.6 Å². The SMILES string of the molecule is CC(Oc1cc(-n2c(=O)n(C)c(=S)n(C)c2=O)c(F)cc1Cl)C(=O)NCc1cccs1. The Labute approximate surface area is 190 Å². The number of hydrogen-bond acceptors (Lipinski definition) is 6. The van der Waals surface area contributed by atoms with E-state index in [1.807, 2.05) is 17.5 Å². The van der Waals surface area contributed by atoms with Crippen molar-refractivity contribution in [3.05, 3.63) is 71.1 Å². The fourth-order valence-corrected chi connectivity index (χ4v) is 3.73. The highest BCUT2D eigenvalue weighted by Gasteiger charge is 2.21. The van der Waals surface area contributed by atoms with E-state index in [0.717, 1.165) is 26.1 Å². The molecule has 0 fully saturated rings. The minimum Gasteiger partial charge on any atom is -0.479 e. The van der Waals surface area contributed by atoms with Crippen LogP contribution in [0.2, 0.25) is 5.02 Å². The van der Waals surface area contributed by atoms with Crippen molar-refractivity contribution in [3.8, 4) is 11.4 Å². The van der Waals surface area contributed by atoms with Crippen LogP contribution in [0.25, 0.3) is 5.69 Å². The van der Waals surface area contributed by atoms with Crippen LogP contribution in [0.15, 0.2) is 39.2 Å². The van der Waals surface area contributed by atoms with Crippen LogP contribution in [0, 0.1) is 10.6 Å². The zero-order valence-electron chi connectivity index (χ0n) is 16.7. The van der Waals surface area contributed by atoms with Crippen LogP contribution in [0.5, 0.6) is 5.75 Å². The van der Waals surface area contributed by atoms with Gasteiger partial charge in [0.25, 0.3) is 5.91 Å². The molecule has 1 unspecified atom stereocenters. The lowest BCUT2D eigenvalue weighted by molar-refractivity contribution is -0.127. The maximum Gasteiger partial charge on any atom is 0.338 e. The Morgan fingerprint density at radius 2 is 1.94 bits per heavy atom. The molecule has 2 heterocycles. The first-order valence-electron chi connectivity index (χ1n) is 8.97. The van der Waals surface area contributed by atoms with E-state index in [2.05, 4.69) is 5.32 Å². The van der Waals surface area contributed by atoms with E-state index in [9.17, 15) is 18.8 Å². The van der Waals surface area contributed by atoms with E-state index >= 15 is 0 Å². The molecule has 3 aromatic rings. The lowest BCUT2D eigenvalue weighted by Gasteiger charge is -2.17. The average molecular weight is 485 g/mol. The molecule has 0 aliphatic rings. The number of ether oxygens (including phenoxy) is 1. The molecule has 1 amide bonds. The molecular formula is C19H18ClFN4O4S2. The molecule has 31 heavy (non-hydrogen) atoms. The van der Waals surface area contributed by atoms with E-state index in [1.54, 1.807) is 0 Å². The molecule has 0 aliphatic heterocycles. The topological polar surface area (TPSA) is 87.3 Å². The first-order chi connectivity index (χ1) is 14.6. The Balaban J connectivity index is 1.94. The Bertz CT molecular complexity index is 1270. The predicted molar refractivity (Wildman–Crippen MR) is 118 cm³/mol. The third kappa shape index (κ3) is 4.63. The van der Waals surface area contributed by atoms with Gasteiger partial charge in [-0.05, 0) is 36.7 Å². The van der Waals surface area contributed by atoms with Gasteiger partial charge in [-0.25, -0.2) is 18.5 Å². The summed E-state index contributed by atoms with van der Waals surface area (Å²) in [5.74, 6) is -1.38. The van der Waals surface area contributed by atoms with Gasteiger partial charge in [0.2, 0.25) is 0 Å². The summed E-state index contributed by atoms with van der Waals surface area (Å²) in [5, 5.41) is 4.50. The Kier molecular flexibility index (Phi) is 6.77. The summed E-state index contributed by atoms with van der Waals surface area (Å²) >= 11 is 12.6. The molecule has 12 heteroatoms. The van der Waals surface area contributed by atoms with Crippen molar-refractivity contribution in [2.45, 2.75) is 19.6 Å². The van der Waals surface area contributed by atoms with Gasteiger partial charge in [0.1, 0.15) is 11.6 Å². The number of halogens is 2. The van der Waals surface area contributed by atoms with Gasteiger partial charge in [-0.15, -0.1) is 11.3 Å². The molecule has 0 saturated heterocycles. The van der Waals surface area contributed by atoms with Gasteiger partial charge < -0.3 is 10.1 Å². The summed E-state index contributed by atoms with van der Waals surface area (Å²) in [5.41, 5.74) is -2.04. The maximum absolute atomic E-state index is 14.7. The molecule has 2 aromatic heterocycles. The summed E-state index contributed by atoms with van der Waals surface area (Å²) < 4.78 is 22.9. The van der Waals surface area contributed by atoms with Crippen LogP contribution < -0.4 is 21.4 Å². The number of hydrogen-bond donors (Lipinski definition) is 1. The van der Waals surface area contributed by atoms with Crippen LogP contribution in [-0.4, -0.2) is 25.7 Å². The molecule has 1 aromatic carbocycles. The Morgan fingerprint density at radius 3 is 2.52 bits per heavy atom. The first-order valence-corrected chi connectivity index (χ1v) is 10.6. The third-order valence-electron chi connectivity index (χ3n) is 4.46. The van der Waals surface area contributed by atoms with Crippen molar-refractivity contribution in [2.24, 2.45) is 14.1 Å². The lowest BCUT2D eigenvalue weighted by atomic mass is 10.2. The molecular weight excluding hydrogens is 467 g/mol. The van der Waals surface area contributed by atoms with Crippen molar-refractivity contribution in [3.63, 3.8) is 0 Å². The van der Waals surface area contributed by atoms with Crippen LogP contribution in [0.4, 0.5) is 4.39 Å². The van der Waals surface area contributed by atoms with Gasteiger partial charge in [-0.2, -0.15) is 0 Å². The van der Waals surface area contributed by atoms with E-state index < -0.39 is 29.2 Å². The molecule has 0 bridgehead atoms. The summed E-state index contributed by atoms with van der Waals surface area (Å²) in [6, 6.07) is 5.77. The second kappa shape index (κ2) is 9.16. The molecule has 3 rings (SSSR count). The van der Waals surface area contributed by atoms with Crippen molar-refractivity contribution in [1.82, 2.24) is 19.0 Å². The fourth-order valence-electron chi connectivity index (χ4n) is 2.73. The molecule has 1 atom stereocenters. The third-order valence-corrected chi connectivity index (χ3v) is 6.18. The summed E-state index contributed by atoms with van der Waals surface area (Å²) in [7, 11) is 2.73. The Morgan fingerprint density at radius 1 is 1.29 bits per heavy atom. The summed E-state index contributed by atoms with van der Waals surface area (Å²) in [6.07, 6.45) is -0.971. The largest absolute Gasteiger partial charge is 0.479 e. The molecule has 0 saturated carbocycles. The van der Waals surface area contributed by atoms with Crippen LogP contribution >= 0.6 is 35.2 Å². The number of thiophene rings is 1. The molecule has 0 aliphatic carbocycles. The molecule has 164 valence electrons. The monoisotopic (exact) mass is 484 g/mol. The number of nitrogens with zero attached hydrogens (tertiary/aromatic N) is 3. The summed E-state index contributed by atoms with van der Waals surface area (Å²) in [4.78, 5) is 38.5. The Hall–Kier alpha value is -2.76. The van der Waals surface area contributed by atoms with Crippen molar-refractivity contribution >= 4 is 41.1 Å². The van der Waals surface area contributed by atoms with E-state index in [0.29, 0.717) is 11.1 Å². The second-order valence-electron chi connectivity index (χ2n) is 6.59. The van der Waals surface area contributed by atoms with Crippen molar-refractivity contribution in [2.75, 3.05) is 0 Å². The zero-order chi connectivity index (χ0) is 22.9. The number of benzene rings is 1. The second-order valence-corrected chi connectivity index (χ2v) is 8.40. The standard InChI is InChI=1S/C19H18ClFN4O4S2/c1-10(16(26)22-9-11-5-4-6-31-11)29-15-8-14(13(21)7-12(15)20)25-17(27)23(2)19(30)24(3)18(25)28/h4-8,10H,9H2,1-3H3,(H,22,26). The van der Waals surface area contributed by atoms with Crippen molar-refractivity contribution < 1.29 is 13.9 Å².